The highest BCUT2D eigenvalue weighted by molar-refractivity contribution is 6.30. The number of nitrogens with zero attached hydrogens (tertiary/aromatic N) is 3. The van der Waals surface area contributed by atoms with Gasteiger partial charge in [-0.25, -0.2) is 13.8 Å². The number of hydrogen-bond acceptors (Lipinski definition) is 3. The Morgan fingerprint density at radius 2 is 1.73 bits per heavy atom. The van der Waals surface area contributed by atoms with Gasteiger partial charge in [0.15, 0.2) is 11.6 Å². The van der Waals surface area contributed by atoms with Crippen LogP contribution in [0.3, 0.4) is 0 Å². The molecule has 0 N–H and O–H groups in total. The van der Waals surface area contributed by atoms with Crippen molar-refractivity contribution in [2.45, 2.75) is 6.54 Å². The van der Waals surface area contributed by atoms with E-state index in [9.17, 15) is 8.78 Å². The van der Waals surface area contributed by atoms with Gasteiger partial charge in [-0.1, -0.05) is 41.0 Å². The van der Waals surface area contributed by atoms with E-state index in [2.05, 4.69) is 10.1 Å². The summed E-state index contributed by atoms with van der Waals surface area (Å²) < 4.78 is 36.1. The number of rotatable bonds is 4. The second-order valence-electron chi connectivity index (χ2n) is 6.86. The van der Waals surface area contributed by atoms with Gasteiger partial charge in [0.2, 0.25) is 0 Å². The predicted molar refractivity (Wildman–Crippen MR) is 110 cm³/mol. The van der Waals surface area contributed by atoms with Gasteiger partial charge in [-0.2, -0.15) is 0 Å². The van der Waals surface area contributed by atoms with Crippen LogP contribution in [0.2, 0.25) is 5.02 Å². The van der Waals surface area contributed by atoms with Crippen molar-refractivity contribution in [1.82, 2.24) is 14.7 Å². The van der Waals surface area contributed by atoms with Gasteiger partial charge < -0.3 is 9.09 Å². The molecule has 5 rings (SSSR count). The Kier molecular flexibility index (Phi) is 4.56. The van der Waals surface area contributed by atoms with E-state index in [1.807, 2.05) is 22.8 Å². The van der Waals surface area contributed by atoms with Crippen LogP contribution >= 0.6 is 11.6 Å². The standard InChI is InChI=1S/C23H14ClF2N3O/c24-15-7-5-14(6-8-15)20-11-16(30-28-20)12-29-10-9-18-21(13-29)27-23(22(18)26)17-3-1-2-4-19(17)25/h1-11,13H,12H2. The van der Waals surface area contributed by atoms with E-state index < -0.39 is 11.6 Å². The summed E-state index contributed by atoms with van der Waals surface area (Å²) in [6.45, 7) is 0.389. The largest absolute Gasteiger partial charge is 0.359 e. The molecule has 0 fully saturated rings. The van der Waals surface area contributed by atoms with Crippen molar-refractivity contribution in [3.8, 4) is 33.8 Å². The van der Waals surface area contributed by atoms with Gasteiger partial charge in [0.1, 0.15) is 17.2 Å². The van der Waals surface area contributed by atoms with Gasteiger partial charge in [-0.05, 0) is 30.3 Å². The van der Waals surface area contributed by atoms with Gasteiger partial charge in [0, 0.05) is 40.2 Å². The maximum Gasteiger partial charge on any atom is 0.159 e. The van der Waals surface area contributed by atoms with E-state index >= 15 is 0 Å². The Balaban J connectivity index is 1.44. The van der Waals surface area contributed by atoms with Crippen molar-refractivity contribution in [2.75, 3.05) is 0 Å². The molecule has 2 aromatic carbocycles. The van der Waals surface area contributed by atoms with Crippen molar-refractivity contribution in [1.29, 1.82) is 0 Å². The monoisotopic (exact) mass is 421 g/mol. The van der Waals surface area contributed by atoms with Crippen molar-refractivity contribution in [2.24, 2.45) is 0 Å². The lowest BCUT2D eigenvalue weighted by Crippen LogP contribution is -1.99. The third kappa shape index (κ3) is 3.35. The van der Waals surface area contributed by atoms with Gasteiger partial charge in [-0.15, -0.1) is 0 Å². The molecular formula is C23H14ClF2N3O. The van der Waals surface area contributed by atoms with Crippen LogP contribution in [0.5, 0.6) is 0 Å². The molecule has 7 heteroatoms. The van der Waals surface area contributed by atoms with Gasteiger partial charge >= 0.3 is 0 Å². The minimum Gasteiger partial charge on any atom is -0.359 e. The normalized spacial score (nSPS) is 11.3. The van der Waals surface area contributed by atoms with Crippen LogP contribution in [-0.4, -0.2) is 14.7 Å². The zero-order chi connectivity index (χ0) is 20.7. The molecule has 0 atom stereocenters. The molecule has 0 radical (unpaired) electrons. The third-order valence-corrected chi connectivity index (χ3v) is 5.09. The fourth-order valence-electron chi connectivity index (χ4n) is 3.35. The summed E-state index contributed by atoms with van der Waals surface area (Å²) in [5.74, 6) is -0.416. The average molecular weight is 422 g/mol. The average Bonchev–Trinajstić information content (AvgIpc) is 3.34. The van der Waals surface area contributed by atoms with E-state index in [1.54, 1.807) is 42.7 Å². The molecule has 0 bridgehead atoms. The molecule has 2 aliphatic heterocycles. The maximum absolute atomic E-state index is 14.8. The van der Waals surface area contributed by atoms with Crippen molar-refractivity contribution >= 4 is 11.6 Å². The van der Waals surface area contributed by atoms with Crippen LogP contribution in [0.15, 0.2) is 77.6 Å². The molecule has 2 aliphatic rings. The molecule has 0 amide bonds. The Labute approximate surface area is 175 Å². The Morgan fingerprint density at radius 3 is 2.53 bits per heavy atom. The number of aromatic nitrogens is 3. The number of halogens is 3. The highest BCUT2D eigenvalue weighted by Gasteiger charge is 2.21. The summed E-state index contributed by atoms with van der Waals surface area (Å²) in [4.78, 5) is 4.31. The second kappa shape index (κ2) is 7.39. The zero-order valence-corrected chi connectivity index (χ0v) is 16.3. The summed E-state index contributed by atoms with van der Waals surface area (Å²) >= 11 is 5.92. The van der Waals surface area contributed by atoms with E-state index in [0.29, 0.717) is 34.3 Å². The first-order valence-electron chi connectivity index (χ1n) is 9.20. The third-order valence-electron chi connectivity index (χ3n) is 4.84. The molecule has 4 nitrogen and oxygen atoms in total. The molecule has 1 aromatic heterocycles. The number of fused-ring (bicyclic) bond motifs is 1. The molecular weight excluding hydrogens is 408 g/mol. The highest BCUT2D eigenvalue weighted by Crippen LogP contribution is 2.34. The van der Waals surface area contributed by atoms with Crippen molar-refractivity contribution < 1.29 is 13.3 Å². The summed E-state index contributed by atoms with van der Waals surface area (Å²) in [6, 6.07) is 16.8. The first-order chi connectivity index (χ1) is 14.6. The lowest BCUT2D eigenvalue weighted by molar-refractivity contribution is 0.378. The molecule has 0 saturated heterocycles. The van der Waals surface area contributed by atoms with Gasteiger partial charge in [-0.3, -0.25) is 0 Å². The fourth-order valence-corrected chi connectivity index (χ4v) is 3.48. The summed E-state index contributed by atoms with van der Waals surface area (Å²) in [5, 5.41) is 4.74. The van der Waals surface area contributed by atoms with Gasteiger partial charge in [0.25, 0.3) is 0 Å². The smallest absolute Gasteiger partial charge is 0.159 e. The Hall–Kier alpha value is -3.51. The summed E-state index contributed by atoms with van der Waals surface area (Å²) in [6.07, 6.45) is 3.43. The van der Waals surface area contributed by atoms with E-state index in [0.717, 1.165) is 5.56 Å². The first kappa shape index (κ1) is 18.5. The van der Waals surface area contributed by atoms with Crippen LogP contribution < -0.4 is 0 Å². The highest BCUT2D eigenvalue weighted by atomic mass is 35.5. The van der Waals surface area contributed by atoms with Crippen molar-refractivity contribution in [3.63, 3.8) is 0 Å². The predicted octanol–water partition coefficient (Wildman–Crippen LogP) is 6.29. The van der Waals surface area contributed by atoms with E-state index in [4.69, 9.17) is 16.1 Å². The lowest BCUT2D eigenvalue weighted by Gasteiger charge is -2.05. The fraction of sp³-hybridized carbons (Fsp3) is 0.0435. The Morgan fingerprint density at radius 1 is 0.933 bits per heavy atom. The lowest BCUT2D eigenvalue weighted by atomic mass is 10.1. The maximum atomic E-state index is 14.8. The topological polar surface area (TPSA) is 43.9 Å². The minimum absolute atomic E-state index is 0.00513. The van der Waals surface area contributed by atoms with Crippen molar-refractivity contribution in [3.05, 3.63) is 95.5 Å². The van der Waals surface area contributed by atoms with Crippen LogP contribution in [-0.2, 0) is 6.54 Å². The number of pyridine rings is 1. The Bertz CT molecular complexity index is 1310. The molecule has 0 saturated carbocycles. The van der Waals surface area contributed by atoms with Crippen LogP contribution in [0.1, 0.15) is 5.76 Å². The quantitative estimate of drug-likeness (QED) is 0.342. The first-order valence-corrected chi connectivity index (χ1v) is 9.58. The molecule has 3 aromatic rings. The molecule has 0 aliphatic carbocycles. The van der Waals surface area contributed by atoms with Gasteiger partial charge in [0.05, 0.1) is 12.2 Å². The summed E-state index contributed by atoms with van der Waals surface area (Å²) in [7, 11) is 0. The number of hydrogen-bond donors (Lipinski definition) is 0. The van der Waals surface area contributed by atoms with E-state index in [-0.39, 0.29) is 11.3 Å². The van der Waals surface area contributed by atoms with E-state index in [1.165, 1.54) is 12.1 Å². The van der Waals surface area contributed by atoms with Crippen LogP contribution in [0, 0.1) is 11.6 Å². The SMILES string of the molecule is Fc1ccccc1-c1nc2cn(Cc3cc(-c4ccc(Cl)cc4)no3)ccc-2c1F. The molecule has 148 valence electrons. The summed E-state index contributed by atoms with van der Waals surface area (Å²) in [5.41, 5.74) is 2.51. The molecule has 0 unspecified atom stereocenters. The zero-order valence-electron chi connectivity index (χ0n) is 15.5. The second-order valence-corrected chi connectivity index (χ2v) is 7.29. The van der Waals surface area contributed by atoms with Crippen LogP contribution in [0.4, 0.5) is 8.78 Å². The van der Waals surface area contributed by atoms with Crippen LogP contribution in [0.25, 0.3) is 33.8 Å². The minimum atomic E-state index is -0.535. The number of benzene rings is 2. The molecule has 3 heterocycles. The molecule has 30 heavy (non-hydrogen) atoms. The molecule has 0 spiro atoms.